The van der Waals surface area contributed by atoms with Crippen LogP contribution in [0.5, 0.6) is 0 Å². The zero-order valence-corrected chi connectivity index (χ0v) is 15.0. The maximum absolute atomic E-state index is 12.6. The number of aromatic amines is 1. The summed E-state index contributed by atoms with van der Waals surface area (Å²) in [7, 11) is 0. The van der Waals surface area contributed by atoms with Gasteiger partial charge in [0.1, 0.15) is 5.58 Å². The summed E-state index contributed by atoms with van der Waals surface area (Å²) in [5.41, 5.74) is 4.40. The Labute approximate surface area is 161 Å². The average molecular weight is 367 g/mol. The summed E-state index contributed by atoms with van der Waals surface area (Å²) in [6, 6.07) is 21.7. The molecule has 0 atom stereocenters. The number of amides is 1. The molecule has 28 heavy (non-hydrogen) atoms. The Morgan fingerprint density at radius 2 is 1.86 bits per heavy atom. The molecule has 0 bridgehead atoms. The molecule has 0 aliphatic carbocycles. The molecule has 0 saturated carbocycles. The summed E-state index contributed by atoms with van der Waals surface area (Å²) in [5.74, 6) is -0.0788. The molecule has 2 aromatic heterocycles. The van der Waals surface area contributed by atoms with Gasteiger partial charge in [-0.2, -0.15) is 5.10 Å². The predicted molar refractivity (Wildman–Crippen MR) is 110 cm³/mol. The molecule has 0 aliphatic heterocycles. The molecule has 5 aromatic rings. The van der Waals surface area contributed by atoms with Crippen molar-refractivity contribution >= 4 is 33.3 Å². The van der Waals surface area contributed by atoms with E-state index in [1.807, 2.05) is 54.6 Å². The number of nitrogens with zero attached hydrogens (tertiary/aromatic N) is 1. The fourth-order valence-corrected chi connectivity index (χ4v) is 3.53. The topological polar surface area (TPSA) is 70.9 Å². The third-order valence-electron chi connectivity index (χ3n) is 4.87. The first kappa shape index (κ1) is 16.3. The molecule has 136 valence electrons. The molecule has 5 heteroatoms. The number of carbonyl (C=O) groups is 1. The number of aromatic nitrogens is 2. The fourth-order valence-electron chi connectivity index (χ4n) is 3.53. The highest BCUT2D eigenvalue weighted by atomic mass is 16.3. The van der Waals surface area contributed by atoms with E-state index in [0.717, 1.165) is 44.2 Å². The van der Waals surface area contributed by atoms with Gasteiger partial charge in [0, 0.05) is 22.8 Å². The van der Waals surface area contributed by atoms with Gasteiger partial charge in [-0.25, -0.2) is 0 Å². The lowest BCUT2D eigenvalue weighted by Crippen LogP contribution is -2.14. The number of anilines is 1. The van der Waals surface area contributed by atoms with E-state index in [1.54, 1.807) is 12.5 Å². The minimum atomic E-state index is -0.0788. The largest absolute Gasteiger partial charge is 0.464 e. The van der Waals surface area contributed by atoms with Crippen LogP contribution in [0.4, 0.5) is 5.69 Å². The van der Waals surface area contributed by atoms with Crippen molar-refractivity contribution in [1.82, 2.24) is 10.2 Å². The Bertz CT molecular complexity index is 1270. The van der Waals surface area contributed by atoms with Crippen molar-refractivity contribution in [3.05, 3.63) is 84.8 Å². The molecule has 0 unspecified atom stereocenters. The van der Waals surface area contributed by atoms with E-state index < -0.39 is 0 Å². The van der Waals surface area contributed by atoms with E-state index in [1.165, 1.54) is 0 Å². The normalized spacial score (nSPS) is 11.1. The predicted octanol–water partition coefficient (Wildman–Crippen LogP) is 5.16. The van der Waals surface area contributed by atoms with Crippen molar-refractivity contribution < 1.29 is 9.21 Å². The van der Waals surface area contributed by atoms with Gasteiger partial charge in [-0.3, -0.25) is 9.89 Å². The second-order valence-electron chi connectivity index (χ2n) is 6.69. The number of H-pyrrole nitrogens is 1. The second-order valence-corrected chi connectivity index (χ2v) is 6.69. The molecule has 0 radical (unpaired) electrons. The van der Waals surface area contributed by atoms with Crippen molar-refractivity contribution in [3.63, 3.8) is 0 Å². The van der Waals surface area contributed by atoms with Crippen molar-refractivity contribution in [2.75, 3.05) is 5.32 Å². The Morgan fingerprint density at radius 3 is 2.68 bits per heavy atom. The average Bonchev–Trinajstić information content (AvgIpc) is 3.39. The lowest BCUT2D eigenvalue weighted by molar-refractivity contribution is -0.115. The van der Waals surface area contributed by atoms with Gasteiger partial charge in [0.2, 0.25) is 5.91 Å². The summed E-state index contributed by atoms with van der Waals surface area (Å²) < 4.78 is 5.68. The highest BCUT2D eigenvalue weighted by Gasteiger charge is 2.13. The zero-order valence-electron chi connectivity index (χ0n) is 15.0. The van der Waals surface area contributed by atoms with Crippen LogP contribution in [0.1, 0.15) is 5.56 Å². The van der Waals surface area contributed by atoms with Crippen LogP contribution in [0.3, 0.4) is 0 Å². The first-order valence-electron chi connectivity index (χ1n) is 9.05. The number of carbonyl (C=O) groups excluding carboxylic acids is 1. The summed E-state index contributed by atoms with van der Waals surface area (Å²) in [4.78, 5) is 12.6. The van der Waals surface area contributed by atoms with Gasteiger partial charge in [-0.05, 0) is 40.6 Å². The number of furan rings is 1. The molecule has 0 saturated heterocycles. The highest BCUT2D eigenvalue weighted by molar-refractivity contribution is 6.09. The van der Waals surface area contributed by atoms with Crippen LogP contribution in [0.2, 0.25) is 0 Å². The third kappa shape index (κ3) is 2.93. The lowest BCUT2D eigenvalue weighted by Gasteiger charge is -2.06. The van der Waals surface area contributed by atoms with Crippen LogP contribution in [0.25, 0.3) is 33.0 Å². The third-order valence-corrected chi connectivity index (χ3v) is 4.87. The van der Waals surface area contributed by atoms with Gasteiger partial charge in [-0.1, -0.05) is 42.5 Å². The highest BCUT2D eigenvalue weighted by Crippen LogP contribution is 2.30. The molecular formula is C23H17N3O2. The van der Waals surface area contributed by atoms with Crippen LogP contribution in [0.15, 0.2) is 83.6 Å². The van der Waals surface area contributed by atoms with Crippen LogP contribution < -0.4 is 5.32 Å². The van der Waals surface area contributed by atoms with Gasteiger partial charge < -0.3 is 9.73 Å². The molecule has 0 aliphatic rings. The van der Waals surface area contributed by atoms with Crippen LogP contribution >= 0.6 is 0 Å². The molecule has 2 N–H and O–H groups in total. The van der Waals surface area contributed by atoms with E-state index in [2.05, 4.69) is 27.6 Å². The lowest BCUT2D eigenvalue weighted by atomic mass is 10.0. The molecule has 5 nitrogen and oxygen atoms in total. The van der Waals surface area contributed by atoms with E-state index in [-0.39, 0.29) is 12.3 Å². The SMILES string of the molecule is O=C(Cc1coc2ccc3ccccc3c12)Nc1ccc(-c2ccn[nH]2)cc1. The number of fused-ring (bicyclic) bond motifs is 3. The minimum absolute atomic E-state index is 0.0788. The fraction of sp³-hybridized carbons (Fsp3) is 0.0435. The molecule has 1 amide bonds. The summed E-state index contributed by atoms with van der Waals surface area (Å²) in [5, 5.41) is 13.1. The van der Waals surface area contributed by atoms with Crippen molar-refractivity contribution in [3.8, 4) is 11.3 Å². The smallest absolute Gasteiger partial charge is 0.228 e. The zero-order chi connectivity index (χ0) is 18.9. The number of nitrogens with one attached hydrogen (secondary N) is 2. The second kappa shape index (κ2) is 6.70. The van der Waals surface area contributed by atoms with E-state index in [9.17, 15) is 4.79 Å². The molecule has 3 aromatic carbocycles. The standard InChI is InChI=1S/C23H17N3O2/c27-22(25-18-8-5-16(6-9-18)20-11-12-24-26-20)13-17-14-28-21-10-7-15-3-1-2-4-19(15)23(17)21/h1-12,14H,13H2,(H,24,26)(H,25,27). The van der Waals surface area contributed by atoms with Gasteiger partial charge >= 0.3 is 0 Å². The van der Waals surface area contributed by atoms with Crippen molar-refractivity contribution in [2.24, 2.45) is 0 Å². The number of hydrogen-bond donors (Lipinski definition) is 2. The van der Waals surface area contributed by atoms with E-state index >= 15 is 0 Å². The molecule has 5 rings (SSSR count). The van der Waals surface area contributed by atoms with Crippen molar-refractivity contribution in [2.45, 2.75) is 6.42 Å². The van der Waals surface area contributed by atoms with Crippen LogP contribution in [-0.4, -0.2) is 16.1 Å². The van der Waals surface area contributed by atoms with Gasteiger partial charge in [0.05, 0.1) is 18.4 Å². The Balaban J connectivity index is 1.38. The van der Waals surface area contributed by atoms with Gasteiger partial charge in [0.25, 0.3) is 0 Å². The summed E-state index contributed by atoms with van der Waals surface area (Å²) >= 11 is 0. The Morgan fingerprint density at radius 1 is 1.00 bits per heavy atom. The summed E-state index contributed by atoms with van der Waals surface area (Å²) in [6.07, 6.45) is 3.64. The van der Waals surface area contributed by atoms with Crippen LogP contribution in [-0.2, 0) is 11.2 Å². The summed E-state index contributed by atoms with van der Waals surface area (Å²) in [6.45, 7) is 0. The molecule has 2 heterocycles. The Hall–Kier alpha value is -3.86. The maximum Gasteiger partial charge on any atom is 0.228 e. The first-order valence-corrected chi connectivity index (χ1v) is 9.05. The van der Waals surface area contributed by atoms with E-state index in [4.69, 9.17) is 4.42 Å². The quantitative estimate of drug-likeness (QED) is 0.461. The number of hydrogen-bond acceptors (Lipinski definition) is 3. The number of rotatable bonds is 4. The molecular weight excluding hydrogens is 350 g/mol. The van der Waals surface area contributed by atoms with E-state index in [0.29, 0.717) is 0 Å². The first-order chi connectivity index (χ1) is 13.8. The number of benzene rings is 3. The molecule has 0 fully saturated rings. The van der Waals surface area contributed by atoms with Gasteiger partial charge in [-0.15, -0.1) is 0 Å². The van der Waals surface area contributed by atoms with Crippen LogP contribution in [0, 0.1) is 0 Å². The van der Waals surface area contributed by atoms with Gasteiger partial charge in [0.15, 0.2) is 0 Å². The Kier molecular flexibility index (Phi) is 3.91. The molecule has 0 spiro atoms. The maximum atomic E-state index is 12.6. The monoisotopic (exact) mass is 367 g/mol. The van der Waals surface area contributed by atoms with Crippen molar-refractivity contribution in [1.29, 1.82) is 0 Å². The minimum Gasteiger partial charge on any atom is -0.464 e.